The predicted octanol–water partition coefficient (Wildman–Crippen LogP) is 3.39. The number of pyridine rings is 2. The molecule has 4 aromatic heterocycles. The molecule has 0 unspecified atom stereocenters. The summed E-state index contributed by atoms with van der Waals surface area (Å²) in [5, 5.41) is 23.1. The van der Waals surface area contributed by atoms with Crippen LogP contribution in [0.25, 0.3) is 28.2 Å². The predicted molar refractivity (Wildman–Crippen MR) is 117 cm³/mol. The van der Waals surface area contributed by atoms with E-state index in [1.54, 1.807) is 18.5 Å². The monoisotopic (exact) mass is 424 g/mol. The number of hydrogen-bond donors (Lipinski definition) is 1. The topological polar surface area (TPSA) is 131 Å². The molecule has 9 heteroatoms. The fourth-order valence-corrected chi connectivity index (χ4v) is 4.39. The minimum Gasteiger partial charge on any atom is -0.480 e. The highest BCUT2D eigenvalue weighted by atomic mass is 16.5. The highest BCUT2D eigenvalue weighted by Crippen LogP contribution is 2.46. The summed E-state index contributed by atoms with van der Waals surface area (Å²) >= 11 is 0. The van der Waals surface area contributed by atoms with Crippen molar-refractivity contribution >= 4 is 11.3 Å². The van der Waals surface area contributed by atoms with Gasteiger partial charge in [0.05, 0.1) is 60.4 Å². The molecule has 0 bridgehead atoms. The highest BCUT2D eigenvalue weighted by Gasteiger charge is 2.46. The largest absolute Gasteiger partial charge is 0.480 e. The van der Waals surface area contributed by atoms with E-state index in [0.29, 0.717) is 36.5 Å². The lowest BCUT2D eigenvalue weighted by atomic mass is 9.67. The van der Waals surface area contributed by atoms with Gasteiger partial charge < -0.3 is 10.5 Å². The van der Waals surface area contributed by atoms with Gasteiger partial charge in [-0.25, -0.2) is 9.97 Å². The number of nitrogen functional groups attached to an aromatic ring is 1. The second-order valence-corrected chi connectivity index (χ2v) is 8.05. The first kappa shape index (κ1) is 19.6. The van der Waals surface area contributed by atoms with E-state index in [0.717, 1.165) is 22.5 Å². The van der Waals surface area contributed by atoms with Gasteiger partial charge in [-0.1, -0.05) is 0 Å². The summed E-state index contributed by atoms with van der Waals surface area (Å²) in [4.78, 5) is 8.98. The molecule has 4 heterocycles. The number of imidazole rings is 1. The van der Waals surface area contributed by atoms with Crippen LogP contribution >= 0.6 is 0 Å². The number of aromatic nitrogens is 5. The molecule has 1 saturated carbocycles. The van der Waals surface area contributed by atoms with Crippen LogP contribution in [0, 0.1) is 28.6 Å². The molecule has 1 aliphatic carbocycles. The van der Waals surface area contributed by atoms with Crippen molar-refractivity contribution in [3.05, 3.63) is 49.1 Å². The van der Waals surface area contributed by atoms with Gasteiger partial charge in [0, 0.05) is 29.7 Å². The third-order valence-electron chi connectivity index (χ3n) is 6.09. The Kier molecular flexibility index (Phi) is 4.53. The van der Waals surface area contributed by atoms with Gasteiger partial charge >= 0.3 is 0 Å². The van der Waals surface area contributed by atoms with E-state index < -0.39 is 5.54 Å². The molecule has 0 amide bonds. The van der Waals surface area contributed by atoms with E-state index in [1.165, 1.54) is 7.11 Å². The first-order valence-electron chi connectivity index (χ1n) is 10.2. The Labute approximate surface area is 184 Å². The fourth-order valence-electron chi connectivity index (χ4n) is 4.39. The molecule has 5 rings (SSSR count). The first-order chi connectivity index (χ1) is 15.6. The first-order valence-corrected chi connectivity index (χ1v) is 10.2. The third kappa shape index (κ3) is 3.03. The molecule has 0 radical (unpaired) electrons. The lowest BCUT2D eigenvalue weighted by Gasteiger charge is -2.43. The molecule has 9 nitrogen and oxygen atoms in total. The van der Waals surface area contributed by atoms with Crippen molar-refractivity contribution in [1.29, 1.82) is 10.5 Å². The van der Waals surface area contributed by atoms with Crippen molar-refractivity contribution in [1.82, 2.24) is 24.1 Å². The van der Waals surface area contributed by atoms with Crippen LogP contribution in [0.2, 0.25) is 0 Å². The average molecular weight is 424 g/mol. The Balaban J connectivity index is 1.59. The summed E-state index contributed by atoms with van der Waals surface area (Å²) in [6.45, 7) is 0. The van der Waals surface area contributed by atoms with Gasteiger partial charge in [-0.05, 0) is 37.1 Å². The van der Waals surface area contributed by atoms with E-state index in [9.17, 15) is 10.5 Å². The van der Waals surface area contributed by atoms with Gasteiger partial charge in [-0.2, -0.15) is 15.6 Å². The van der Waals surface area contributed by atoms with Gasteiger partial charge in [-0.3, -0.25) is 9.08 Å². The molecular weight excluding hydrogens is 404 g/mol. The summed E-state index contributed by atoms with van der Waals surface area (Å²) in [5.74, 6) is 0.335. The van der Waals surface area contributed by atoms with Gasteiger partial charge in [0.2, 0.25) is 5.88 Å². The summed E-state index contributed by atoms with van der Waals surface area (Å²) in [6.07, 6.45) is 8.95. The Bertz CT molecular complexity index is 1400. The summed E-state index contributed by atoms with van der Waals surface area (Å²) in [7, 11) is 1.54. The molecule has 1 fully saturated rings. The minimum atomic E-state index is -0.426. The molecule has 2 N–H and O–H groups in total. The normalized spacial score (nSPS) is 19.8. The van der Waals surface area contributed by atoms with Crippen molar-refractivity contribution in [2.75, 3.05) is 12.8 Å². The molecule has 158 valence electrons. The van der Waals surface area contributed by atoms with Crippen LogP contribution in [-0.4, -0.2) is 31.3 Å². The summed E-state index contributed by atoms with van der Waals surface area (Å²) in [5.41, 5.74) is 10.1. The Morgan fingerprint density at radius 2 is 2.09 bits per heavy atom. The average Bonchev–Trinajstić information content (AvgIpc) is 3.45. The quantitative estimate of drug-likeness (QED) is 0.519. The van der Waals surface area contributed by atoms with E-state index >= 15 is 0 Å². The zero-order valence-corrected chi connectivity index (χ0v) is 17.4. The maximum atomic E-state index is 9.34. The number of anilines is 1. The fraction of sp³-hybridized carbons (Fsp3) is 0.261. The number of fused-ring (bicyclic) bond motifs is 1. The molecule has 1 aliphatic rings. The minimum absolute atomic E-state index is 0.0359. The van der Waals surface area contributed by atoms with Crippen LogP contribution in [0.3, 0.4) is 0 Å². The second-order valence-electron chi connectivity index (χ2n) is 8.05. The van der Waals surface area contributed by atoms with Gasteiger partial charge in [0.1, 0.15) is 5.65 Å². The molecule has 0 aromatic carbocycles. The standard InChI is InChI=1S/C23H20N8O/c1-32-22-18(26)2-3-19(29-22)16-8-20(30-7-6-27-21(30)9-16)17-13-28-31(14-17)23(4-5-24)10-15(11-23)12-25/h2-3,6-9,13-15H,4,10-11,26H2,1H3. The molecule has 32 heavy (non-hydrogen) atoms. The van der Waals surface area contributed by atoms with Gasteiger partial charge in [0.15, 0.2) is 0 Å². The molecule has 4 aromatic rings. The summed E-state index contributed by atoms with van der Waals surface area (Å²) < 4.78 is 9.10. The van der Waals surface area contributed by atoms with E-state index in [2.05, 4.69) is 27.2 Å². The van der Waals surface area contributed by atoms with Gasteiger partial charge in [-0.15, -0.1) is 0 Å². The maximum Gasteiger partial charge on any atom is 0.237 e. The molecular formula is C23H20N8O. The molecule has 0 saturated heterocycles. The third-order valence-corrected chi connectivity index (χ3v) is 6.09. The number of ether oxygens (including phenoxy) is 1. The second kappa shape index (κ2) is 7.40. The van der Waals surface area contributed by atoms with Gasteiger partial charge in [0.25, 0.3) is 0 Å². The number of nitrogens with two attached hydrogens (primary N) is 1. The van der Waals surface area contributed by atoms with Crippen LogP contribution in [0.5, 0.6) is 5.88 Å². The number of methoxy groups -OCH3 is 1. The van der Waals surface area contributed by atoms with Crippen LogP contribution in [0.4, 0.5) is 5.69 Å². The van der Waals surface area contributed by atoms with E-state index in [1.807, 2.05) is 39.7 Å². The van der Waals surface area contributed by atoms with Crippen molar-refractivity contribution in [3.8, 4) is 40.5 Å². The van der Waals surface area contributed by atoms with Crippen molar-refractivity contribution in [2.45, 2.75) is 24.8 Å². The molecule has 0 aliphatic heterocycles. The smallest absolute Gasteiger partial charge is 0.237 e. The Morgan fingerprint density at radius 1 is 1.25 bits per heavy atom. The zero-order chi connectivity index (χ0) is 22.3. The number of rotatable bonds is 5. The lowest BCUT2D eigenvalue weighted by molar-refractivity contribution is 0.0882. The van der Waals surface area contributed by atoms with Crippen LogP contribution in [0.1, 0.15) is 19.3 Å². The number of hydrogen-bond acceptors (Lipinski definition) is 7. The number of nitriles is 2. The Hall–Kier alpha value is -4.37. The highest BCUT2D eigenvalue weighted by molar-refractivity contribution is 5.74. The van der Waals surface area contributed by atoms with Crippen LogP contribution < -0.4 is 10.5 Å². The Morgan fingerprint density at radius 3 is 2.84 bits per heavy atom. The van der Waals surface area contributed by atoms with E-state index in [4.69, 9.17) is 10.5 Å². The maximum absolute atomic E-state index is 9.34. The van der Waals surface area contributed by atoms with Crippen molar-refractivity contribution in [2.24, 2.45) is 5.92 Å². The van der Waals surface area contributed by atoms with E-state index in [-0.39, 0.29) is 5.92 Å². The van der Waals surface area contributed by atoms with Crippen LogP contribution in [-0.2, 0) is 5.54 Å². The van der Waals surface area contributed by atoms with Crippen molar-refractivity contribution in [3.63, 3.8) is 0 Å². The summed E-state index contributed by atoms with van der Waals surface area (Å²) in [6, 6.07) is 12.1. The van der Waals surface area contributed by atoms with Crippen molar-refractivity contribution < 1.29 is 4.74 Å². The SMILES string of the molecule is COc1nc(-c2cc(-c3cnn(C4(CC#N)CC(C#N)C4)c3)n3ccnc3c2)ccc1N. The molecule has 0 atom stereocenters. The zero-order valence-electron chi connectivity index (χ0n) is 17.4. The molecule has 0 spiro atoms. The van der Waals surface area contributed by atoms with Crippen LogP contribution in [0.15, 0.2) is 49.1 Å². The lowest BCUT2D eigenvalue weighted by Crippen LogP contribution is -2.46. The number of nitrogens with zero attached hydrogens (tertiary/aromatic N) is 7.